The molecule has 1 saturated heterocycles. The normalized spacial score (nSPS) is 41.4. The van der Waals surface area contributed by atoms with E-state index in [4.69, 9.17) is 14.0 Å². The largest absolute Gasteiger partial charge is 0.393 e. The Balaban J connectivity index is 2.97. The summed E-state index contributed by atoms with van der Waals surface area (Å²) in [5.41, 5.74) is -1.32. The molecule has 3 N–H and O–H groups in total. The van der Waals surface area contributed by atoms with E-state index >= 15 is 0 Å². The molecule has 0 amide bonds. The predicted octanol–water partition coefficient (Wildman–Crippen LogP) is -0.656. The summed E-state index contributed by atoms with van der Waals surface area (Å²) in [6.45, 7) is 2.08. The van der Waals surface area contributed by atoms with Crippen LogP contribution >= 0.6 is 7.60 Å². The number of ether oxygens (including phenoxy) is 2. The first-order valence-electron chi connectivity index (χ1n) is 5.20. The lowest BCUT2D eigenvalue weighted by Crippen LogP contribution is -2.50. The van der Waals surface area contributed by atoms with Crippen LogP contribution in [0, 0.1) is 0 Å². The van der Waals surface area contributed by atoms with Gasteiger partial charge in [-0.05, 0) is 6.92 Å². The zero-order valence-electron chi connectivity index (χ0n) is 10.1. The van der Waals surface area contributed by atoms with Crippen molar-refractivity contribution in [1.82, 2.24) is 0 Å². The first-order chi connectivity index (χ1) is 7.75. The Morgan fingerprint density at radius 2 is 2.12 bits per heavy atom. The van der Waals surface area contributed by atoms with Gasteiger partial charge in [-0.2, -0.15) is 0 Å². The van der Waals surface area contributed by atoms with E-state index < -0.39 is 38.1 Å². The highest BCUT2D eigenvalue weighted by atomic mass is 31.2. The van der Waals surface area contributed by atoms with Crippen LogP contribution in [0.5, 0.6) is 0 Å². The van der Waals surface area contributed by atoms with Crippen LogP contribution in [0.25, 0.3) is 0 Å². The van der Waals surface area contributed by atoms with Crippen LogP contribution in [0.2, 0.25) is 0 Å². The van der Waals surface area contributed by atoms with Crippen LogP contribution < -0.4 is 0 Å². The van der Waals surface area contributed by atoms with Gasteiger partial charge >= 0.3 is 7.60 Å². The fourth-order valence-corrected chi connectivity index (χ4v) is 2.71. The summed E-state index contributed by atoms with van der Waals surface area (Å²) in [5.74, 6) is 0. The summed E-state index contributed by atoms with van der Waals surface area (Å²) in [4.78, 5) is 9.22. The Kier molecular flexibility index (Phi) is 4.71. The number of hydrogen-bond acceptors (Lipinski definition) is 6. The van der Waals surface area contributed by atoms with Gasteiger partial charge in [-0.15, -0.1) is 0 Å². The van der Waals surface area contributed by atoms with Crippen molar-refractivity contribution in [3.63, 3.8) is 0 Å². The average molecular weight is 270 g/mol. The second-order valence-electron chi connectivity index (χ2n) is 4.30. The van der Waals surface area contributed by atoms with Crippen molar-refractivity contribution in [3.8, 4) is 0 Å². The fraction of sp³-hybridized carbons (Fsp3) is 1.00. The molecule has 1 aliphatic heterocycles. The monoisotopic (exact) mass is 270 g/mol. The Hall–Kier alpha value is -0.0100. The van der Waals surface area contributed by atoms with Crippen molar-refractivity contribution in [1.29, 1.82) is 0 Å². The molecule has 0 saturated carbocycles. The number of aliphatic hydroxyl groups is 2. The Bertz CT molecular complexity index is 304. The molecule has 1 fully saturated rings. The molecular weight excluding hydrogens is 251 g/mol. The lowest BCUT2D eigenvalue weighted by atomic mass is 9.96. The first kappa shape index (κ1) is 15.0. The Labute approximate surface area is 99.8 Å². The maximum absolute atomic E-state index is 11.3. The summed E-state index contributed by atoms with van der Waals surface area (Å²) in [6, 6.07) is 0. The molecule has 0 aromatic rings. The molecule has 5 atom stereocenters. The lowest BCUT2D eigenvalue weighted by molar-refractivity contribution is -0.135. The van der Waals surface area contributed by atoms with Gasteiger partial charge in [0.2, 0.25) is 0 Å². The third-order valence-electron chi connectivity index (χ3n) is 2.70. The summed E-state index contributed by atoms with van der Waals surface area (Å²) in [6.07, 6.45) is -2.82. The molecule has 2 unspecified atom stereocenters. The van der Waals surface area contributed by atoms with Gasteiger partial charge in [0.25, 0.3) is 0 Å². The topological polar surface area (TPSA) is 105 Å². The van der Waals surface area contributed by atoms with E-state index in [1.54, 1.807) is 6.92 Å². The maximum atomic E-state index is 11.3. The highest BCUT2D eigenvalue weighted by molar-refractivity contribution is 7.51. The molecule has 0 aromatic carbocycles. The van der Waals surface area contributed by atoms with E-state index in [0.717, 1.165) is 6.66 Å². The molecule has 0 bridgehead atoms. The van der Waals surface area contributed by atoms with Crippen LogP contribution in [0.15, 0.2) is 0 Å². The van der Waals surface area contributed by atoms with Crippen LogP contribution in [0.4, 0.5) is 0 Å². The van der Waals surface area contributed by atoms with Crippen molar-refractivity contribution in [2.45, 2.75) is 30.8 Å². The zero-order chi connectivity index (χ0) is 13.3. The molecule has 102 valence electrons. The van der Waals surface area contributed by atoms with Gasteiger partial charge in [-0.3, -0.25) is 9.09 Å². The number of hydrogen-bond donors (Lipinski definition) is 3. The summed E-state index contributed by atoms with van der Waals surface area (Å²) in [7, 11) is -2.40. The molecule has 0 aromatic heterocycles. The van der Waals surface area contributed by atoms with E-state index in [0.29, 0.717) is 0 Å². The average Bonchev–Trinajstić information content (AvgIpc) is 2.42. The van der Waals surface area contributed by atoms with Gasteiger partial charge in [0.15, 0.2) is 0 Å². The highest BCUT2D eigenvalue weighted by Gasteiger charge is 2.55. The zero-order valence-corrected chi connectivity index (χ0v) is 11.0. The van der Waals surface area contributed by atoms with Gasteiger partial charge in [0.1, 0.15) is 17.8 Å². The second-order valence-corrected chi connectivity index (χ2v) is 6.12. The molecule has 0 radical (unpaired) electrons. The summed E-state index contributed by atoms with van der Waals surface area (Å²) >= 11 is 0. The molecule has 1 aliphatic rings. The van der Waals surface area contributed by atoms with E-state index in [1.165, 1.54) is 7.11 Å². The van der Waals surface area contributed by atoms with E-state index in [9.17, 15) is 19.7 Å². The third-order valence-corrected chi connectivity index (χ3v) is 3.31. The molecule has 0 aliphatic carbocycles. The van der Waals surface area contributed by atoms with E-state index in [-0.39, 0.29) is 6.61 Å². The van der Waals surface area contributed by atoms with Gasteiger partial charge in [0, 0.05) is 13.8 Å². The molecule has 1 heterocycles. The smallest absolute Gasteiger partial charge is 0.325 e. The van der Waals surface area contributed by atoms with E-state index in [2.05, 4.69) is 0 Å². The predicted molar refractivity (Wildman–Crippen MR) is 58.9 cm³/mol. The first-order valence-corrected chi connectivity index (χ1v) is 7.22. The quantitative estimate of drug-likeness (QED) is 0.570. The minimum absolute atomic E-state index is 0.0461. The van der Waals surface area contributed by atoms with Gasteiger partial charge in [-0.25, -0.2) is 0 Å². The summed E-state index contributed by atoms with van der Waals surface area (Å²) in [5, 5.41) is 19.2. The number of aliphatic hydroxyl groups excluding tert-OH is 2. The van der Waals surface area contributed by atoms with Crippen molar-refractivity contribution in [2.24, 2.45) is 0 Å². The lowest BCUT2D eigenvalue weighted by Gasteiger charge is -2.32. The van der Waals surface area contributed by atoms with Crippen LogP contribution in [-0.4, -0.2) is 66.0 Å². The highest BCUT2D eigenvalue weighted by Crippen LogP contribution is 2.45. The van der Waals surface area contributed by atoms with Crippen molar-refractivity contribution < 1.29 is 33.7 Å². The minimum atomic E-state index is -3.80. The fourth-order valence-electron chi connectivity index (χ4n) is 1.97. The van der Waals surface area contributed by atoms with Crippen LogP contribution in [0.3, 0.4) is 0 Å². The van der Waals surface area contributed by atoms with Gasteiger partial charge in [-0.1, -0.05) is 0 Å². The van der Waals surface area contributed by atoms with Crippen LogP contribution in [0.1, 0.15) is 6.92 Å². The molecule has 8 heteroatoms. The van der Waals surface area contributed by atoms with Gasteiger partial charge in [0.05, 0.1) is 19.3 Å². The van der Waals surface area contributed by atoms with Crippen LogP contribution in [-0.2, 0) is 18.6 Å². The standard InChI is InChI=1S/C9H19O7P/c1-6-7(11)8(16-17(3,12)13)9(4-10,15-6)5-14-2/h6-8,10-11H,4-5H2,1-3H3,(H,12,13)/t6-,7?,8+,9+/m0/s1. The molecular formula is C9H19O7P. The molecule has 0 spiro atoms. The van der Waals surface area contributed by atoms with Crippen molar-refractivity contribution in [3.05, 3.63) is 0 Å². The van der Waals surface area contributed by atoms with Crippen molar-refractivity contribution >= 4 is 7.60 Å². The maximum Gasteiger partial charge on any atom is 0.325 e. The third kappa shape index (κ3) is 3.26. The van der Waals surface area contributed by atoms with E-state index in [1.807, 2.05) is 0 Å². The number of methoxy groups -OCH3 is 1. The second kappa shape index (κ2) is 5.32. The Morgan fingerprint density at radius 1 is 1.53 bits per heavy atom. The Morgan fingerprint density at radius 3 is 2.53 bits per heavy atom. The van der Waals surface area contributed by atoms with Crippen molar-refractivity contribution in [2.75, 3.05) is 27.0 Å². The molecule has 1 rings (SSSR count). The molecule has 7 nitrogen and oxygen atoms in total. The number of rotatable bonds is 5. The minimum Gasteiger partial charge on any atom is -0.393 e. The molecule has 17 heavy (non-hydrogen) atoms. The van der Waals surface area contributed by atoms with Gasteiger partial charge < -0.3 is 24.6 Å². The SMILES string of the molecule is COC[C@@]1(CO)O[C@@H](C)C(O)[C@H]1OP(C)(=O)O. The summed E-state index contributed by atoms with van der Waals surface area (Å²) < 4.78 is 26.6.